The van der Waals surface area contributed by atoms with E-state index < -0.39 is 18.0 Å². The molecule has 0 bridgehead atoms. The number of aliphatic carboxylic acids is 1. The van der Waals surface area contributed by atoms with E-state index in [2.05, 4.69) is 10.1 Å². The second-order valence-corrected chi connectivity index (χ2v) is 4.32. The van der Waals surface area contributed by atoms with Gasteiger partial charge in [-0.25, -0.2) is 4.79 Å². The maximum atomic E-state index is 11.8. The van der Waals surface area contributed by atoms with Gasteiger partial charge in [0.05, 0.1) is 13.0 Å². The van der Waals surface area contributed by atoms with Gasteiger partial charge in [0.1, 0.15) is 6.04 Å². The first-order valence-corrected chi connectivity index (χ1v) is 5.81. The molecule has 1 unspecified atom stereocenters. The molecule has 1 saturated heterocycles. The summed E-state index contributed by atoms with van der Waals surface area (Å²) in [5.74, 6) is -1.75. The molecule has 1 aliphatic heterocycles. The van der Waals surface area contributed by atoms with E-state index in [1.54, 1.807) is 0 Å². The van der Waals surface area contributed by atoms with E-state index in [-0.39, 0.29) is 18.4 Å². The predicted octanol–water partition coefficient (Wildman–Crippen LogP) is 0.0541. The van der Waals surface area contributed by atoms with Crippen LogP contribution in [0, 0.1) is 5.92 Å². The molecule has 7 nitrogen and oxygen atoms in total. The molecule has 0 aliphatic carbocycles. The number of nitrogens with zero attached hydrogens (tertiary/aromatic N) is 1. The van der Waals surface area contributed by atoms with E-state index in [9.17, 15) is 14.4 Å². The van der Waals surface area contributed by atoms with Crippen molar-refractivity contribution in [2.24, 2.45) is 5.92 Å². The van der Waals surface area contributed by atoms with Crippen LogP contribution < -0.4 is 5.32 Å². The molecule has 2 atom stereocenters. The molecule has 0 saturated carbocycles. The molecule has 0 aromatic heterocycles. The van der Waals surface area contributed by atoms with Crippen molar-refractivity contribution >= 4 is 18.0 Å². The summed E-state index contributed by atoms with van der Waals surface area (Å²) in [7, 11) is 1.31. The number of rotatable bonds is 3. The summed E-state index contributed by atoms with van der Waals surface area (Å²) in [5, 5.41) is 11.1. The minimum absolute atomic E-state index is 0.269. The molecule has 1 aliphatic rings. The summed E-state index contributed by atoms with van der Waals surface area (Å²) in [6.45, 7) is 2.18. The highest BCUT2D eigenvalue weighted by Crippen LogP contribution is 2.17. The molecular weight excluding hydrogens is 240 g/mol. The van der Waals surface area contributed by atoms with E-state index in [1.165, 1.54) is 18.9 Å². The molecular formula is C11H18N2O5. The number of carbonyl (C=O) groups is 3. The number of ether oxygens (including phenoxy) is 1. The zero-order chi connectivity index (χ0) is 13.7. The van der Waals surface area contributed by atoms with Crippen molar-refractivity contribution < 1.29 is 24.2 Å². The van der Waals surface area contributed by atoms with Crippen LogP contribution in [0.5, 0.6) is 0 Å². The number of hydrogen-bond donors (Lipinski definition) is 2. The van der Waals surface area contributed by atoms with Crippen LogP contribution in [-0.4, -0.2) is 54.2 Å². The quantitative estimate of drug-likeness (QED) is 0.697. The first kappa shape index (κ1) is 14.3. The summed E-state index contributed by atoms with van der Waals surface area (Å²) < 4.78 is 4.65. The fourth-order valence-corrected chi connectivity index (χ4v) is 1.86. The molecule has 1 heterocycles. The number of hydrogen-bond acceptors (Lipinski definition) is 4. The number of amides is 2. The number of esters is 1. The number of carboxylic acids is 1. The average Bonchev–Trinajstić information content (AvgIpc) is 2.37. The zero-order valence-electron chi connectivity index (χ0n) is 10.5. The lowest BCUT2D eigenvalue weighted by Gasteiger charge is -2.31. The Kier molecular flexibility index (Phi) is 4.94. The van der Waals surface area contributed by atoms with Gasteiger partial charge in [0.25, 0.3) is 0 Å². The second kappa shape index (κ2) is 6.23. The molecule has 0 aromatic carbocycles. The molecule has 0 spiro atoms. The van der Waals surface area contributed by atoms with Crippen molar-refractivity contribution in [2.75, 3.05) is 20.2 Å². The normalized spacial score (nSPS) is 21.0. The van der Waals surface area contributed by atoms with E-state index in [0.29, 0.717) is 19.4 Å². The van der Waals surface area contributed by atoms with Gasteiger partial charge in [0.15, 0.2) is 0 Å². The van der Waals surface area contributed by atoms with Crippen LogP contribution in [0.3, 0.4) is 0 Å². The lowest BCUT2D eigenvalue weighted by atomic mass is 9.98. The Morgan fingerprint density at radius 2 is 2.11 bits per heavy atom. The van der Waals surface area contributed by atoms with Crippen molar-refractivity contribution in [3.8, 4) is 0 Å². The first-order chi connectivity index (χ1) is 8.45. The number of carboxylic acid groups (broad SMARTS) is 1. The highest BCUT2D eigenvalue weighted by molar-refractivity contribution is 5.82. The predicted molar refractivity (Wildman–Crippen MR) is 61.9 cm³/mol. The SMILES string of the molecule is COC(=O)C1CCCN(C(=O)N[C@H](C)C(=O)O)C1. The Balaban J connectivity index is 2.53. The van der Waals surface area contributed by atoms with Crippen LogP contribution in [-0.2, 0) is 14.3 Å². The first-order valence-electron chi connectivity index (χ1n) is 5.81. The standard InChI is InChI=1S/C11H18N2O5/c1-7(9(14)15)12-11(17)13-5-3-4-8(6-13)10(16)18-2/h7-8H,3-6H2,1-2H3,(H,12,17)(H,14,15)/t7-,8?/m1/s1. The number of urea groups is 1. The highest BCUT2D eigenvalue weighted by Gasteiger charge is 2.29. The van der Waals surface area contributed by atoms with Crippen molar-refractivity contribution in [2.45, 2.75) is 25.8 Å². The van der Waals surface area contributed by atoms with Crippen molar-refractivity contribution in [1.82, 2.24) is 10.2 Å². The summed E-state index contributed by atoms with van der Waals surface area (Å²) in [4.78, 5) is 35.2. The summed E-state index contributed by atoms with van der Waals surface area (Å²) in [6.07, 6.45) is 1.39. The van der Waals surface area contributed by atoms with Gasteiger partial charge in [-0.2, -0.15) is 0 Å². The molecule has 1 fully saturated rings. The molecule has 18 heavy (non-hydrogen) atoms. The van der Waals surface area contributed by atoms with Crippen molar-refractivity contribution in [3.05, 3.63) is 0 Å². The molecule has 1 rings (SSSR count). The third-order valence-corrected chi connectivity index (χ3v) is 2.95. The Labute approximate surface area is 105 Å². The number of piperidine rings is 1. The minimum Gasteiger partial charge on any atom is -0.480 e. The smallest absolute Gasteiger partial charge is 0.325 e. The lowest BCUT2D eigenvalue weighted by molar-refractivity contribution is -0.147. The second-order valence-electron chi connectivity index (χ2n) is 4.32. The summed E-state index contributed by atoms with van der Waals surface area (Å²) in [5.41, 5.74) is 0. The van der Waals surface area contributed by atoms with Gasteiger partial charge in [-0.1, -0.05) is 0 Å². The van der Waals surface area contributed by atoms with Gasteiger partial charge < -0.3 is 20.1 Å². The fraction of sp³-hybridized carbons (Fsp3) is 0.727. The van der Waals surface area contributed by atoms with Crippen LogP contribution in [0.15, 0.2) is 0 Å². The van der Waals surface area contributed by atoms with E-state index >= 15 is 0 Å². The molecule has 2 amide bonds. The largest absolute Gasteiger partial charge is 0.480 e. The number of methoxy groups -OCH3 is 1. The van der Waals surface area contributed by atoms with Gasteiger partial charge in [0.2, 0.25) is 0 Å². The van der Waals surface area contributed by atoms with Gasteiger partial charge in [-0.05, 0) is 19.8 Å². The molecule has 2 N–H and O–H groups in total. The Morgan fingerprint density at radius 1 is 1.44 bits per heavy atom. The van der Waals surface area contributed by atoms with Crippen LogP contribution in [0.2, 0.25) is 0 Å². The van der Waals surface area contributed by atoms with Crippen molar-refractivity contribution in [1.29, 1.82) is 0 Å². The lowest BCUT2D eigenvalue weighted by Crippen LogP contribution is -2.50. The minimum atomic E-state index is -1.09. The van der Waals surface area contributed by atoms with Gasteiger partial charge in [0, 0.05) is 13.1 Å². The van der Waals surface area contributed by atoms with Crippen LogP contribution in [0.4, 0.5) is 4.79 Å². The van der Waals surface area contributed by atoms with Gasteiger partial charge in [-0.15, -0.1) is 0 Å². The highest BCUT2D eigenvalue weighted by atomic mass is 16.5. The summed E-state index contributed by atoms with van der Waals surface area (Å²) >= 11 is 0. The Hall–Kier alpha value is -1.79. The Bertz CT molecular complexity index is 344. The van der Waals surface area contributed by atoms with Gasteiger partial charge >= 0.3 is 18.0 Å². The van der Waals surface area contributed by atoms with E-state index in [1.807, 2.05) is 0 Å². The van der Waals surface area contributed by atoms with Crippen LogP contribution >= 0.6 is 0 Å². The van der Waals surface area contributed by atoms with Crippen LogP contribution in [0.1, 0.15) is 19.8 Å². The fourth-order valence-electron chi connectivity index (χ4n) is 1.86. The summed E-state index contributed by atoms with van der Waals surface area (Å²) in [6, 6.07) is -1.41. The average molecular weight is 258 g/mol. The molecule has 7 heteroatoms. The molecule has 102 valence electrons. The zero-order valence-corrected chi connectivity index (χ0v) is 10.5. The van der Waals surface area contributed by atoms with Crippen LogP contribution in [0.25, 0.3) is 0 Å². The maximum Gasteiger partial charge on any atom is 0.325 e. The third kappa shape index (κ3) is 3.61. The van der Waals surface area contributed by atoms with E-state index in [4.69, 9.17) is 5.11 Å². The number of carbonyl (C=O) groups excluding carboxylic acids is 2. The third-order valence-electron chi connectivity index (χ3n) is 2.95. The number of nitrogens with one attached hydrogen (secondary N) is 1. The number of likely N-dealkylation sites (tertiary alicyclic amines) is 1. The Morgan fingerprint density at radius 3 is 2.67 bits per heavy atom. The topological polar surface area (TPSA) is 95.9 Å². The monoisotopic (exact) mass is 258 g/mol. The molecule has 0 radical (unpaired) electrons. The maximum absolute atomic E-state index is 11.8. The van der Waals surface area contributed by atoms with Gasteiger partial charge in [-0.3, -0.25) is 9.59 Å². The molecule has 0 aromatic rings. The van der Waals surface area contributed by atoms with E-state index in [0.717, 1.165) is 0 Å². The van der Waals surface area contributed by atoms with Crippen molar-refractivity contribution in [3.63, 3.8) is 0 Å².